The molecular weight excluding hydrogens is 609 g/mol. The number of fused-ring (bicyclic) bond motifs is 1. The molecule has 0 saturated heterocycles. The summed E-state index contributed by atoms with van der Waals surface area (Å²) in [7, 11) is 0. The van der Waals surface area contributed by atoms with Crippen molar-refractivity contribution in [1.29, 1.82) is 0 Å². The first-order valence-electron chi connectivity index (χ1n) is 9.11. The minimum absolute atomic E-state index is 0. The fourth-order valence-electron chi connectivity index (χ4n) is 3.33. The number of benzene rings is 2. The van der Waals surface area contributed by atoms with Crippen LogP contribution in [0.1, 0.15) is 27.7 Å². The molecule has 0 saturated carbocycles. The van der Waals surface area contributed by atoms with Gasteiger partial charge in [-0.2, -0.15) is 11.1 Å². The van der Waals surface area contributed by atoms with E-state index in [-0.39, 0.29) is 39.7 Å². The van der Waals surface area contributed by atoms with Crippen LogP contribution >= 0.6 is 59.6 Å². The van der Waals surface area contributed by atoms with Crippen LogP contribution in [0.4, 0.5) is 0 Å². The van der Waals surface area contributed by atoms with E-state index in [0.717, 1.165) is 16.5 Å². The molecule has 180 valence electrons. The van der Waals surface area contributed by atoms with Gasteiger partial charge in [0.25, 0.3) is 0 Å². The number of rotatable bonds is 1. The zero-order valence-corrected chi connectivity index (χ0v) is 27.0. The maximum atomic E-state index is 6.26. The molecule has 1 atom stereocenters. The summed E-state index contributed by atoms with van der Waals surface area (Å²) in [5.74, 6) is 0.560. The molecule has 3 aromatic rings. The summed E-state index contributed by atoms with van der Waals surface area (Å²) in [6.45, 7) is 11.7. The van der Waals surface area contributed by atoms with Gasteiger partial charge in [-0.25, -0.2) is 5.57 Å². The topological polar surface area (TPSA) is 0 Å². The van der Waals surface area contributed by atoms with Crippen molar-refractivity contribution in [1.82, 2.24) is 0 Å². The molecule has 0 amide bonds. The van der Waals surface area contributed by atoms with E-state index in [1.807, 2.05) is 18.2 Å². The zero-order chi connectivity index (χ0) is 21.7. The Morgan fingerprint density at radius 1 is 0.939 bits per heavy atom. The SMILES string of the molecule is CC1=[C-]C(C)C(C)=C1C.Cl.Cl.Clc1cc(Cl)c(-c2c[cH-]c3ccccc23)c(Cl)c1.[CH3-].[CH3-].[Si]=[Zr]. The second kappa shape index (κ2) is 17.5. The molecule has 7 heteroatoms. The van der Waals surface area contributed by atoms with Crippen molar-refractivity contribution in [2.24, 2.45) is 5.92 Å². The monoisotopic (exact) mass is 634 g/mol. The number of allylic oxidation sites excluding steroid dienone is 4. The van der Waals surface area contributed by atoms with Gasteiger partial charge in [-0.15, -0.1) is 78.4 Å². The molecule has 33 heavy (non-hydrogen) atoms. The van der Waals surface area contributed by atoms with Gasteiger partial charge in [-0.1, -0.05) is 67.6 Å². The molecule has 1 aliphatic rings. The molecule has 0 nitrogen and oxygen atoms in total. The van der Waals surface area contributed by atoms with Crippen LogP contribution in [0.5, 0.6) is 0 Å². The van der Waals surface area contributed by atoms with Crippen molar-refractivity contribution in [3.05, 3.63) is 101 Å². The molecule has 1 aliphatic carbocycles. The molecule has 0 bridgehead atoms. The van der Waals surface area contributed by atoms with Gasteiger partial charge in [0, 0.05) is 15.1 Å². The van der Waals surface area contributed by atoms with Crippen molar-refractivity contribution < 1.29 is 23.3 Å². The van der Waals surface area contributed by atoms with Crippen LogP contribution in [0, 0.1) is 26.8 Å². The Labute approximate surface area is 244 Å². The van der Waals surface area contributed by atoms with Gasteiger partial charge in [0.2, 0.25) is 0 Å². The van der Waals surface area contributed by atoms with Gasteiger partial charge in [0.15, 0.2) is 0 Å². The van der Waals surface area contributed by atoms with Crippen LogP contribution in [-0.2, 0) is 23.3 Å². The minimum atomic E-state index is 0. The van der Waals surface area contributed by atoms with Gasteiger partial charge in [-0.3, -0.25) is 6.08 Å². The Balaban J connectivity index is -0.000000522. The van der Waals surface area contributed by atoms with E-state index in [0.29, 0.717) is 21.0 Å². The van der Waals surface area contributed by atoms with Crippen molar-refractivity contribution >= 4 is 77.3 Å². The van der Waals surface area contributed by atoms with Gasteiger partial charge in [-0.05, 0) is 17.7 Å². The quantitative estimate of drug-likeness (QED) is 0.184. The third kappa shape index (κ3) is 9.23. The molecular formula is C26H29Cl5SiZr-4. The van der Waals surface area contributed by atoms with Gasteiger partial charge >= 0.3 is 30.2 Å². The fourth-order valence-corrected chi connectivity index (χ4v) is 4.35. The van der Waals surface area contributed by atoms with Crippen molar-refractivity contribution in [2.45, 2.75) is 27.7 Å². The Bertz CT molecular complexity index is 1060. The van der Waals surface area contributed by atoms with E-state index in [2.05, 4.69) is 58.8 Å². The van der Waals surface area contributed by atoms with Crippen LogP contribution in [0.15, 0.2) is 65.3 Å². The number of hydrogen-bond acceptors (Lipinski definition) is 0. The second-order valence-electron chi connectivity index (χ2n) is 6.88. The van der Waals surface area contributed by atoms with Crippen LogP contribution in [0.3, 0.4) is 0 Å². The van der Waals surface area contributed by atoms with E-state index in [9.17, 15) is 0 Å². The Morgan fingerprint density at radius 3 is 1.88 bits per heavy atom. The summed E-state index contributed by atoms with van der Waals surface area (Å²) < 4.78 is 0. The molecule has 0 heterocycles. The van der Waals surface area contributed by atoms with Gasteiger partial charge < -0.3 is 14.9 Å². The summed E-state index contributed by atoms with van der Waals surface area (Å²) in [4.78, 5) is 0. The molecule has 0 N–H and O–H groups in total. The molecule has 0 fully saturated rings. The summed E-state index contributed by atoms with van der Waals surface area (Å²) in [6.07, 6.45) is 3.36. The van der Waals surface area contributed by atoms with E-state index in [1.54, 1.807) is 12.1 Å². The van der Waals surface area contributed by atoms with Crippen LogP contribution in [-0.4, -0.2) is 6.88 Å². The molecule has 1 unspecified atom stereocenters. The van der Waals surface area contributed by atoms with E-state index in [1.165, 1.54) is 45.4 Å². The van der Waals surface area contributed by atoms with Crippen LogP contribution in [0.25, 0.3) is 21.9 Å². The third-order valence-corrected chi connectivity index (χ3v) is 6.01. The van der Waals surface area contributed by atoms with E-state index >= 15 is 0 Å². The average molecular weight is 638 g/mol. The molecule has 0 spiro atoms. The van der Waals surface area contributed by atoms with E-state index < -0.39 is 0 Å². The Hall–Kier alpha value is 0.0800. The first kappa shape index (κ1) is 37.6. The van der Waals surface area contributed by atoms with E-state index in [4.69, 9.17) is 34.8 Å². The van der Waals surface area contributed by atoms with Gasteiger partial charge in [0.1, 0.15) is 0 Å². The predicted octanol–water partition coefficient (Wildman–Crippen LogP) is 10.3. The fraction of sp³-hybridized carbons (Fsp3) is 0.192. The normalized spacial score (nSPS) is 13.5. The molecule has 0 aromatic heterocycles. The summed E-state index contributed by atoms with van der Waals surface area (Å²) in [5.41, 5.74) is 6.12. The molecule has 0 aliphatic heterocycles. The first-order valence-corrected chi connectivity index (χ1v) is 14.4. The summed E-state index contributed by atoms with van der Waals surface area (Å²) >= 11 is 19.8. The number of halogens is 5. The predicted molar refractivity (Wildman–Crippen MR) is 153 cm³/mol. The van der Waals surface area contributed by atoms with Crippen molar-refractivity contribution in [3.63, 3.8) is 0 Å². The molecule has 2 radical (unpaired) electrons. The molecule has 4 rings (SSSR count). The standard InChI is InChI=1S/C15H8Cl3.C9H13.2CH3.2ClH.Si.Zr/c16-10-7-13(17)15(14(18)8-10)12-6-5-9-3-1-2-4-11(9)12;1-6-5-7(2)9(4)8(6)3;;;;;;/h1-8H;6H,1-4H3;2*1H3;2*1H;;/q4*-1;;;;. The summed E-state index contributed by atoms with van der Waals surface area (Å²) in [6, 6.07) is 15.7. The maximum absolute atomic E-state index is 6.26. The summed E-state index contributed by atoms with van der Waals surface area (Å²) in [5, 5.41) is 4.01. The Morgan fingerprint density at radius 2 is 1.45 bits per heavy atom. The number of hydrogen-bond donors (Lipinski definition) is 0. The first-order chi connectivity index (χ1) is 13.8. The molecule has 3 aromatic carbocycles. The van der Waals surface area contributed by atoms with Crippen LogP contribution < -0.4 is 0 Å². The third-order valence-electron chi connectivity index (χ3n) is 5.19. The van der Waals surface area contributed by atoms with Gasteiger partial charge in [0.05, 0.1) is 0 Å². The second-order valence-corrected chi connectivity index (χ2v) is 8.13. The van der Waals surface area contributed by atoms with Crippen LogP contribution in [0.2, 0.25) is 15.1 Å². The zero-order valence-electron chi connectivity index (χ0n) is 19.6. The Kier molecular flexibility index (Phi) is 20.0. The average Bonchev–Trinajstić information content (AvgIpc) is 3.20. The van der Waals surface area contributed by atoms with Crippen molar-refractivity contribution in [3.8, 4) is 11.1 Å². The van der Waals surface area contributed by atoms with Crippen molar-refractivity contribution in [2.75, 3.05) is 0 Å².